The molecule has 0 bridgehead atoms. The van der Waals surface area contributed by atoms with Gasteiger partial charge in [0.25, 0.3) is 5.91 Å². The fourth-order valence-corrected chi connectivity index (χ4v) is 2.79. The predicted octanol–water partition coefficient (Wildman–Crippen LogP) is 2.35. The van der Waals surface area contributed by atoms with Crippen LogP contribution in [0.4, 0.5) is 5.69 Å². The minimum atomic E-state index is -0.0528. The van der Waals surface area contributed by atoms with E-state index in [1.165, 1.54) is 19.3 Å². The Labute approximate surface area is 114 Å². The van der Waals surface area contributed by atoms with Crippen molar-refractivity contribution in [3.8, 4) is 0 Å². The van der Waals surface area contributed by atoms with Gasteiger partial charge in [0, 0.05) is 13.1 Å². The molecule has 0 aliphatic heterocycles. The van der Waals surface area contributed by atoms with Crippen LogP contribution in [0.3, 0.4) is 0 Å². The molecule has 1 aliphatic rings. The number of nitrogens with zero attached hydrogens (tertiary/aromatic N) is 2. The summed E-state index contributed by atoms with van der Waals surface area (Å²) in [7, 11) is 1.87. The molecule has 0 aromatic carbocycles. The van der Waals surface area contributed by atoms with Gasteiger partial charge in [0.2, 0.25) is 0 Å². The van der Waals surface area contributed by atoms with Crippen LogP contribution >= 0.6 is 0 Å². The van der Waals surface area contributed by atoms with E-state index in [4.69, 9.17) is 5.73 Å². The minimum Gasteiger partial charge on any atom is -0.395 e. The van der Waals surface area contributed by atoms with Crippen molar-refractivity contribution in [2.45, 2.75) is 57.9 Å². The molecule has 0 radical (unpaired) electrons. The first kappa shape index (κ1) is 13.9. The molecule has 0 unspecified atom stereocenters. The zero-order chi connectivity index (χ0) is 13.8. The second kappa shape index (κ2) is 6.08. The lowest BCUT2D eigenvalue weighted by Crippen LogP contribution is -2.38. The summed E-state index contributed by atoms with van der Waals surface area (Å²) >= 11 is 0. The van der Waals surface area contributed by atoms with E-state index in [0.29, 0.717) is 17.4 Å². The number of anilines is 1. The van der Waals surface area contributed by atoms with Gasteiger partial charge in [-0.15, -0.1) is 0 Å². The monoisotopic (exact) mass is 264 g/mol. The van der Waals surface area contributed by atoms with Crippen LogP contribution in [0.5, 0.6) is 0 Å². The Morgan fingerprint density at radius 2 is 2.11 bits per heavy atom. The van der Waals surface area contributed by atoms with Crippen molar-refractivity contribution in [1.82, 2.24) is 15.1 Å². The molecule has 106 valence electrons. The Kier molecular flexibility index (Phi) is 4.45. The van der Waals surface area contributed by atoms with Gasteiger partial charge in [-0.2, -0.15) is 5.10 Å². The molecule has 0 saturated heterocycles. The summed E-state index contributed by atoms with van der Waals surface area (Å²) in [6, 6.07) is 0.340. The summed E-state index contributed by atoms with van der Waals surface area (Å²) < 4.78 is 0. The van der Waals surface area contributed by atoms with Crippen LogP contribution < -0.4 is 5.73 Å². The average molecular weight is 264 g/mol. The quantitative estimate of drug-likeness (QED) is 0.876. The van der Waals surface area contributed by atoms with Crippen molar-refractivity contribution in [2.24, 2.45) is 0 Å². The smallest absolute Gasteiger partial charge is 0.276 e. The molecule has 1 aliphatic carbocycles. The van der Waals surface area contributed by atoms with Crippen molar-refractivity contribution >= 4 is 11.6 Å². The van der Waals surface area contributed by atoms with Gasteiger partial charge in [-0.1, -0.05) is 32.6 Å². The third-order valence-corrected chi connectivity index (χ3v) is 4.03. The van der Waals surface area contributed by atoms with E-state index >= 15 is 0 Å². The number of nitrogens with one attached hydrogen (secondary N) is 1. The van der Waals surface area contributed by atoms with Crippen LogP contribution in [0, 0.1) is 0 Å². The maximum atomic E-state index is 12.4. The van der Waals surface area contributed by atoms with E-state index in [1.54, 1.807) is 0 Å². The highest BCUT2D eigenvalue weighted by atomic mass is 16.2. The van der Waals surface area contributed by atoms with Crippen LogP contribution in [0.25, 0.3) is 0 Å². The summed E-state index contributed by atoms with van der Waals surface area (Å²) in [6.07, 6.45) is 7.70. The Morgan fingerprint density at radius 3 is 2.74 bits per heavy atom. The lowest BCUT2D eigenvalue weighted by atomic mass is 9.94. The molecule has 1 fully saturated rings. The van der Waals surface area contributed by atoms with E-state index in [9.17, 15) is 4.79 Å². The lowest BCUT2D eigenvalue weighted by molar-refractivity contribution is 0.0691. The number of rotatable bonds is 4. The molecule has 0 spiro atoms. The molecule has 1 aromatic rings. The highest BCUT2D eigenvalue weighted by Crippen LogP contribution is 2.24. The number of nitrogens with two attached hydrogens (primary N) is 1. The number of H-pyrrole nitrogens is 1. The van der Waals surface area contributed by atoms with Gasteiger partial charge in [0.1, 0.15) is 0 Å². The summed E-state index contributed by atoms with van der Waals surface area (Å²) in [6.45, 7) is 2.08. The highest BCUT2D eigenvalue weighted by molar-refractivity contribution is 5.97. The highest BCUT2D eigenvalue weighted by Gasteiger charge is 2.26. The average Bonchev–Trinajstić information content (AvgIpc) is 2.80. The molecular formula is C14H24N4O. The normalized spacial score (nSPS) is 16.5. The molecule has 1 amide bonds. The maximum absolute atomic E-state index is 12.4. The van der Waals surface area contributed by atoms with Crippen molar-refractivity contribution in [3.63, 3.8) is 0 Å². The largest absolute Gasteiger partial charge is 0.395 e. The summed E-state index contributed by atoms with van der Waals surface area (Å²) in [5.74, 6) is -0.0528. The first-order valence-electron chi connectivity index (χ1n) is 7.25. The van der Waals surface area contributed by atoms with Gasteiger partial charge < -0.3 is 10.6 Å². The lowest BCUT2D eigenvalue weighted by Gasteiger charge is -2.30. The second-order valence-electron chi connectivity index (χ2n) is 5.42. The predicted molar refractivity (Wildman–Crippen MR) is 76.0 cm³/mol. The second-order valence-corrected chi connectivity index (χ2v) is 5.42. The zero-order valence-corrected chi connectivity index (χ0v) is 11.9. The number of carbonyl (C=O) groups is 1. The molecular weight excluding hydrogens is 240 g/mol. The molecule has 1 saturated carbocycles. The minimum absolute atomic E-state index is 0.0528. The van der Waals surface area contributed by atoms with E-state index in [-0.39, 0.29) is 5.91 Å². The van der Waals surface area contributed by atoms with Crippen molar-refractivity contribution in [2.75, 3.05) is 12.8 Å². The van der Waals surface area contributed by atoms with Gasteiger partial charge >= 0.3 is 0 Å². The van der Waals surface area contributed by atoms with Gasteiger partial charge in [-0.05, 0) is 19.3 Å². The molecule has 3 N–H and O–H groups in total. The number of aryl methyl sites for hydroxylation is 1. The molecule has 5 heteroatoms. The molecule has 0 atom stereocenters. The number of aromatic nitrogens is 2. The van der Waals surface area contributed by atoms with Crippen molar-refractivity contribution < 1.29 is 4.79 Å². The SMILES string of the molecule is CCCc1[nH]nc(C(=O)N(C)C2CCCCC2)c1N. The van der Waals surface area contributed by atoms with Gasteiger partial charge in [0.05, 0.1) is 11.4 Å². The summed E-state index contributed by atoms with van der Waals surface area (Å²) in [4.78, 5) is 14.3. The molecule has 1 heterocycles. The summed E-state index contributed by atoms with van der Waals surface area (Å²) in [5, 5.41) is 7.00. The van der Waals surface area contributed by atoms with E-state index in [2.05, 4.69) is 17.1 Å². The van der Waals surface area contributed by atoms with Crippen LogP contribution in [0.15, 0.2) is 0 Å². The van der Waals surface area contributed by atoms with Crippen LogP contribution in [-0.4, -0.2) is 34.1 Å². The number of amides is 1. The maximum Gasteiger partial charge on any atom is 0.276 e. The number of hydrogen-bond acceptors (Lipinski definition) is 3. The van der Waals surface area contributed by atoms with E-state index < -0.39 is 0 Å². The molecule has 19 heavy (non-hydrogen) atoms. The van der Waals surface area contributed by atoms with Crippen LogP contribution in [0.1, 0.15) is 61.6 Å². The van der Waals surface area contributed by atoms with Crippen molar-refractivity contribution in [3.05, 3.63) is 11.4 Å². The Morgan fingerprint density at radius 1 is 1.42 bits per heavy atom. The van der Waals surface area contributed by atoms with Gasteiger partial charge in [-0.25, -0.2) is 0 Å². The number of hydrogen-bond donors (Lipinski definition) is 2. The van der Waals surface area contributed by atoms with Gasteiger partial charge in [0.15, 0.2) is 5.69 Å². The first-order chi connectivity index (χ1) is 9.15. The Hall–Kier alpha value is -1.52. The topological polar surface area (TPSA) is 75.0 Å². The number of nitrogen functional groups attached to an aromatic ring is 1. The fourth-order valence-electron chi connectivity index (χ4n) is 2.79. The van der Waals surface area contributed by atoms with Crippen LogP contribution in [0.2, 0.25) is 0 Å². The Balaban J connectivity index is 2.09. The number of aromatic amines is 1. The third kappa shape index (κ3) is 2.91. The molecule has 2 rings (SSSR count). The zero-order valence-electron chi connectivity index (χ0n) is 11.9. The third-order valence-electron chi connectivity index (χ3n) is 4.03. The van der Waals surface area contributed by atoms with E-state index in [0.717, 1.165) is 31.4 Å². The Bertz CT molecular complexity index is 435. The summed E-state index contributed by atoms with van der Waals surface area (Å²) in [5.41, 5.74) is 7.80. The molecule has 1 aromatic heterocycles. The standard InChI is InChI=1S/C14H24N4O/c1-3-7-11-12(15)13(17-16-11)14(19)18(2)10-8-5-4-6-9-10/h10H,3-9,15H2,1-2H3,(H,16,17). The van der Waals surface area contributed by atoms with Crippen molar-refractivity contribution in [1.29, 1.82) is 0 Å². The number of carbonyl (C=O) groups excluding carboxylic acids is 1. The van der Waals surface area contributed by atoms with Gasteiger partial charge in [-0.3, -0.25) is 9.89 Å². The van der Waals surface area contributed by atoms with Crippen LogP contribution in [-0.2, 0) is 6.42 Å². The fraction of sp³-hybridized carbons (Fsp3) is 0.714. The molecule has 5 nitrogen and oxygen atoms in total. The van der Waals surface area contributed by atoms with E-state index in [1.807, 2.05) is 11.9 Å². The first-order valence-corrected chi connectivity index (χ1v) is 7.25.